The van der Waals surface area contributed by atoms with Crippen molar-refractivity contribution in [1.82, 2.24) is 0 Å². The third-order valence-corrected chi connectivity index (χ3v) is 3.59. The van der Waals surface area contributed by atoms with E-state index in [1.807, 2.05) is 6.07 Å². The number of esters is 1. The third kappa shape index (κ3) is 3.84. The average Bonchev–Trinajstić information content (AvgIpc) is 2.60. The number of hydrogen-bond acceptors (Lipinski definition) is 5. The van der Waals surface area contributed by atoms with Crippen LogP contribution in [-0.2, 0) is 22.6 Å². The zero-order valence-electron chi connectivity index (χ0n) is 13.0. The molecule has 0 unspecified atom stereocenters. The van der Waals surface area contributed by atoms with E-state index in [1.54, 1.807) is 36.4 Å². The third-order valence-electron chi connectivity index (χ3n) is 3.59. The van der Waals surface area contributed by atoms with Gasteiger partial charge in [0.2, 0.25) is 5.91 Å². The number of nitrogens with two attached hydrogens (primary N) is 1. The van der Waals surface area contributed by atoms with Gasteiger partial charge < -0.3 is 19.9 Å². The molecular weight excluding hydrogens is 310 g/mol. The Morgan fingerprint density at radius 3 is 2.33 bits per heavy atom. The summed E-state index contributed by atoms with van der Waals surface area (Å²) in [6.07, 6.45) is 0.149. The molecule has 0 aromatic heterocycles. The monoisotopic (exact) mass is 327 g/mol. The quantitative estimate of drug-likeness (QED) is 0.847. The maximum Gasteiger partial charge on any atom is 0.310 e. The molecule has 0 aliphatic carbocycles. The molecule has 124 valence electrons. The lowest BCUT2D eigenvalue weighted by Gasteiger charge is -2.18. The van der Waals surface area contributed by atoms with Crippen LogP contribution in [0, 0.1) is 0 Å². The van der Waals surface area contributed by atoms with Crippen LogP contribution in [0.2, 0.25) is 0 Å². The van der Waals surface area contributed by atoms with Crippen LogP contribution in [-0.4, -0.2) is 25.1 Å². The lowest BCUT2D eigenvalue weighted by atomic mass is 10.1. The predicted molar refractivity (Wildman–Crippen MR) is 85.9 cm³/mol. The van der Waals surface area contributed by atoms with Gasteiger partial charge in [-0.3, -0.25) is 9.59 Å². The molecule has 0 spiro atoms. The molecule has 0 atom stereocenters. The highest BCUT2D eigenvalue weighted by molar-refractivity contribution is 5.92. The van der Waals surface area contributed by atoms with E-state index in [0.717, 1.165) is 11.1 Å². The van der Waals surface area contributed by atoms with Crippen LogP contribution in [0.25, 0.3) is 0 Å². The molecule has 3 rings (SSSR count). The van der Waals surface area contributed by atoms with Gasteiger partial charge in [-0.15, -0.1) is 0 Å². The number of ether oxygens (including phenoxy) is 3. The van der Waals surface area contributed by atoms with Gasteiger partial charge in [0.15, 0.2) is 11.5 Å². The van der Waals surface area contributed by atoms with Crippen LogP contribution in [0.4, 0.5) is 0 Å². The minimum atomic E-state index is -0.489. The summed E-state index contributed by atoms with van der Waals surface area (Å²) in [4.78, 5) is 23.0. The van der Waals surface area contributed by atoms with Crippen molar-refractivity contribution in [1.29, 1.82) is 0 Å². The highest BCUT2D eigenvalue weighted by atomic mass is 16.6. The van der Waals surface area contributed by atoms with E-state index in [0.29, 0.717) is 30.3 Å². The molecule has 1 aliphatic rings. The predicted octanol–water partition coefficient (Wildman–Crippen LogP) is 1.84. The molecule has 2 aromatic carbocycles. The second-order valence-electron chi connectivity index (χ2n) is 5.38. The molecule has 2 aromatic rings. The van der Waals surface area contributed by atoms with E-state index in [4.69, 9.17) is 19.9 Å². The Hall–Kier alpha value is -3.02. The Bertz CT molecular complexity index is 755. The van der Waals surface area contributed by atoms with Crippen molar-refractivity contribution >= 4 is 11.9 Å². The number of benzene rings is 2. The summed E-state index contributed by atoms with van der Waals surface area (Å²) in [5.41, 5.74) is 7.18. The summed E-state index contributed by atoms with van der Waals surface area (Å²) in [7, 11) is 0. The van der Waals surface area contributed by atoms with Gasteiger partial charge in [0.05, 0.1) is 6.42 Å². The zero-order chi connectivity index (χ0) is 16.9. The van der Waals surface area contributed by atoms with Crippen molar-refractivity contribution in [3.8, 4) is 11.5 Å². The Labute approximate surface area is 139 Å². The molecule has 24 heavy (non-hydrogen) atoms. The second-order valence-corrected chi connectivity index (χ2v) is 5.38. The minimum absolute atomic E-state index is 0.141. The van der Waals surface area contributed by atoms with Crippen molar-refractivity contribution in [3.63, 3.8) is 0 Å². The van der Waals surface area contributed by atoms with Gasteiger partial charge in [-0.2, -0.15) is 0 Å². The largest absolute Gasteiger partial charge is 0.486 e. The molecule has 1 aliphatic heterocycles. The molecule has 6 heteroatoms. The van der Waals surface area contributed by atoms with Gasteiger partial charge in [-0.1, -0.05) is 18.2 Å². The van der Waals surface area contributed by atoms with E-state index in [9.17, 15) is 9.59 Å². The van der Waals surface area contributed by atoms with E-state index >= 15 is 0 Å². The van der Waals surface area contributed by atoms with E-state index in [1.165, 1.54) is 0 Å². The van der Waals surface area contributed by atoms with Crippen molar-refractivity contribution in [2.45, 2.75) is 13.0 Å². The lowest BCUT2D eigenvalue weighted by molar-refractivity contribution is -0.144. The summed E-state index contributed by atoms with van der Waals surface area (Å²) in [6.45, 7) is 1.17. The number of fused-ring (bicyclic) bond motifs is 1. The Kier molecular flexibility index (Phi) is 4.65. The number of hydrogen-bond donors (Lipinski definition) is 1. The van der Waals surface area contributed by atoms with Gasteiger partial charge in [0.1, 0.15) is 19.8 Å². The number of carbonyl (C=O) groups excluding carboxylic acids is 2. The second kappa shape index (κ2) is 7.04. The van der Waals surface area contributed by atoms with Gasteiger partial charge in [0, 0.05) is 5.56 Å². The maximum absolute atomic E-state index is 12.0. The molecule has 1 amide bonds. The van der Waals surface area contributed by atoms with E-state index in [2.05, 4.69) is 0 Å². The van der Waals surface area contributed by atoms with Gasteiger partial charge in [0.25, 0.3) is 0 Å². The van der Waals surface area contributed by atoms with Gasteiger partial charge in [-0.05, 0) is 35.4 Å². The fraction of sp³-hybridized carbons (Fsp3) is 0.222. The Morgan fingerprint density at radius 1 is 0.958 bits per heavy atom. The lowest BCUT2D eigenvalue weighted by Crippen LogP contribution is -2.16. The van der Waals surface area contributed by atoms with Crippen LogP contribution < -0.4 is 15.2 Å². The highest BCUT2D eigenvalue weighted by Gasteiger charge is 2.13. The van der Waals surface area contributed by atoms with Gasteiger partial charge in [-0.25, -0.2) is 0 Å². The molecule has 0 saturated carbocycles. The number of rotatable bonds is 5. The van der Waals surface area contributed by atoms with Gasteiger partial charge >= 0.3 is 5.97 Å². The normalized spacial score (nSPS) is 12.5. The molecule has 6 nitrogen and oxygen atoms in total. The molecular formula is C18H17NO5. The SMILES string of the molecule is NC(=O)c1ccc(COC(=O)Cc2ccc3c(c2)OCCO3)cc1. The highest BCUT2D eigenvalue weighted by Crippen LogP contribution is 2.30. The molecule has 2 N–H and O–H groups in total. The van der Waals surface area contributed by atoms with Crippen molar-refractivity contribution in [3.05, 3.63) is 59.2 Å². The summed E-state index contributed by atoms with van der Waals surface area (Å²) in [5.74, 6) is 0.504. The van der Waals surface area contributed by atoms with Crippen LogP contribution in [0.3, 0.4) is 0 Å². The minimum Gasteiger partial charge on any atom is -0.486 e. The first kappa shape index (κ1) is 15.9. The van der Waals surface area contributed by atoms with Crippen molar-refractivity contribution in [2.24, 2.45) is 5.73 Å². The first-order chi connectivity index (χ1) is 11.6. The Balaban J connectivity index is 1.55. The first-order valence-electron chi connectivity index (χ1n) is 7.55. The summed E-state index contributed by atoms with van der Waals surface area (Å²) in [6, 6.07) is 12.0. The first-order valence-corrected chi connectivity index (χ1v) is 7.55. The molecule has 0 fully saturated rings. The van der Waals surface area contributed by atoms with E-state index in [-0.39, 0.29) is 19.0 Å². The topological polar surface area (TPSA) is 87.9 Å². The van der Waals surface area contributed by atoms with Crippen molar-refractivity contribution in [2.75, 3.05) is 13.2 Å². The average molecular weight is 327 g/mol. The Morgan fingerprint density at radius 2 is 1.62 bits per heavy atom. The summed E-state index contributed by atoms with van der Waals surface area (Å²) in [5, 5.41) is 0. The molecule has 0 bridgehead atoms. The molecule has 1 heterocycles. The molecule has 0 saturated heterocycles. The smallest absolute Gasteiger partial charge is 0.310 e. The number of primary amides is 1. The summed E-state index contributed by atoms with van der Waals surface area (Å²) >= 11 is 0. The number of carbonyl (C=O) groups is 2. The fourth-order valence-corrected chi connectivity index (χ4v) is 2.34. The van der Waals surface area contributed by atoms with Crippen molar-refractivity contribution < 1.29 is 23.8 Å². The van der Waals surface area contributed by atoms with E-state index < -0.39 is 5.91 Å². The molecule has 0 radical (unpaired) electrons. The van der Waals surface area contributed by atoms with Crippen LogP contribution >= 0.6 is 0 Å². The summed E-state index contributed by atoms with van der Waals surface area (Å²) < 4.78 is 16.2. The standard InChI is InChI=1S/C18H17NO5/c19-18(21)14-4-1-12(2-5-14)11-24-17(20)10-13-3-6-15-16(9-13)23-8-7-22-15/h1-6,9H,7-8,10-11H2,(H2,19,21). The fourth-order valence-electron chi connectivity index (χ4n) is 2.34. The zero-order valence-corrected chi connectivity index (χ0v) is 13.0. The van der Waals surface area contributed by atoms with Crippen LogP contribution in [0.15, 0.2) is 42.5 Å². The van der Waals surface area contributed by atoms with Crippen LogP contribution in [0.1, 0.15) is 21.5 Å². The van der Waals surface area contributed by atoms with Crippen LogP contribution in [0.5, 0.6) is 11.5 Å². The number of amides is 1. The maximum atomic E-state index is 12.0.